The lowest BCUT2D eigenvalue weighted by Crippen LogP contribution is -2.44. The summed E-state index contributed by atoms with van der Waals surface area (Å²) in [5, 5.41) is 43.2. The smallest absolute Gasteiger partial charge is 0.252 e. The minimum atomic E-state index is -0.876. The molecule has 42 nitrogen and oxygen atoms in total. The van der Waals surface area contributed by atoms with Gasteiger partial charge in [-0.1, -0.05) is 101 Å². The number of imidazole rings is 4. The second kappa shape index (κ2) is 41.1. The van der Waals surface area contributed by atoms with Crippen LogP contribution in [0.25, 0.3) is 44.7 Å². The summed E-state index contributed by atoms with van der Waals surface area (Å²) in [7, 11) is 0. The Morgan fingerprint density at radius 3 is 0.848 bits per heavy atom. The zero-order chi connectivity index (χ0) is 93.9. The molecule has 4 amide bonds. The lowest BCUT2D eigenvalue weighted by molar-refractivity contribution is -0.230. The summed E-state index contributed by atoms with van der Waals surface area (Å²) in [6.07, 6.45) is 34.8. The predicted molar refractivity (Wildman–Crippen MR) is 497 cm³/mol. The molecule has 6 aliphatic carbocycles. The third kappa shape index (κ3) is 18.9. The molecule has 8 aliphatic heterocycles. The van der Waals surface area contributed by atoms with E-state index in [1.165, 1.54) is 70.3 Å². The number of ether oxygens (including phenoxy) is 12. The van der Waals surface area contributed by atoms with Crippen LogP contribution in [0.4, 0.5) is 34.6 Å². The van der Waals surface area contributed by atoms with Crippen LogP contribution in [0.5, 0.6) is 0 Å². The van der Waals surface area contributed by atoms with Crippen molar-refractivity contribution in [3.8, 4) is 0 Å². The van der Waals surface area contributed by atoms with Crippen molar-refractivity contribution >= 4 is 103 Å². The highest BCUT2D eigenvalue weighted by Crippen LogP contribution is 2.55. The van der Waals surface area contributed by atoms with Crippen molar-refractivity contribution in [3.05, 3.63) is 111 Å². The average Bonchev–Trinajstić information content (AvgIpc) is 1.59. The number of hydrogen-bond acceptors (Lipinski definition) is 34. The first-order valence-corrected chi connectivity index (χ1v) is 49.9. The molecule has 138 heavy (non-hydrogen) atoms. The van der Waals surface area contributed by atoms with Crippen LogP contribution in [0, 0.1) is 0 Å². The van der Waals surface area contributed by atoms with Crippen LogP contribution < -0.4 is 42.5 Å². The molecule has 10 aromatic rings. The number of hydrogen-bond donors (Lipinski definition) is 10. The number of aliphatic hydroxyl groups is 2. The van der Waals surface area contributed by atoms with Gasteiger partial charge >= 0.3 is 0 Å². The van der Waals surface area contributed by atoms with Crippen LogP contribution in [0.2, 0.25) is 0 Å². The highest BCUT2D eigenvalue weighted by molar-refractivity contribution is 5.89. The Bertz CT molecular complexity index is 5860. The Hall–Kier alpha value is -10.8. The van der Waals surface area contributed by atoms with Gasteiger partial charge in [-0.2, -0.15) is 0 Å². The molecule has 0 bridgehead atoms. The van der Waals surface area contributed by atoms with Crippen LogP contribution in [-0.4, -0.2) is 260 Å². The largest absolute Gasteiger partial charge is 0.395 e. The second-order valence-electron chi connectivity index (χ2n) is 38.3. The Morgan fingerprint density at radius 1 is 0.319 bits per heavy atom. The van der Waals surface area contributed by atoms with Gasteiger partial charge in [0.1, 0.15) is 74.1 Å². The fourth-order valence-corrected chi connectivity index (χ4v) is 22.6. The molecule has 42 heteroatoms. The summed E-state index contributed by atoms with van der Waals surface area (Å²) in [6.45, 7) is 4.84. The van der Waals surface area contributed by atoms with E-state index in [1.54, 1.807) is 36.2 Å². The summed E-state index contributed by atoms with van der Waals surface area (Å²) in [6, 6.07) is 20.3. The first kappa shape index (κ1) is 93.5. The molecule has 4 unspecified atom stereocenters. The van der Waals surface area contributed by atoms with Crippen molar-refractivity contribution in [2.45, 2.75) is 340 Å². The standard InChI is InChI=1S/C24H34N6O5.C24H28N6O5.C24H34N6O4.C24H28N6O4/c2*31-12-11-25-22(32)18-17-19(35-24(34-17)9-5-2-6-10-24)23(33-18)30-14-28-16-20(26-13-27-21(16)30)29-15-7-3-1-4-8-15;2*1-2-25-22(31)18-17-19(34-24(33-17)11-7-4-8-12-24)23(32-18)30-14-28-16-20(26-13-27-21(16)30)29-15-9-5-3-6-10-15/h13-15,17-19,23,31H,1-12H2,(H,25,32)(H,26,27,29);1,3-4,7-8,13-14,17-19,23,31H,2,5-6,9-12H2,(H,25,32)(H,26,27,29);13-15,17-19,23H,2-12H2,1H3,(H,25,31)(H,26,27,29);3,5-6,9-10,13-14,17-19,23H,2,4,7-8,11-12H2,1H3,(H,25,31)(H,26,27,29)/t4*17?,18-,19-,23+/m0000/s1. The quantitative estimate of drug-likeness (QED) is 0.0301. The molecule has 10 N–H and O–H groups in total. The van der Waals surface area contributed by atoms with Gasteiger partial charge in [0.25, 0.3) is 23.6 Å². The van der Waals surface area contributed by atoms with E-state index in [1.807, 2.05) is 88.2 Å². The number of fused-ring (bicyclic) bond motifs is 8. The first-order chi connectivity index (χ1) is 67.7. The number of aliphatic hydroxyl groups excluding tert-OH is 2. The van der Waals surface area contributed by atoms with Gasteiger partial charge in [0.2, 0.25) is 0 Å². The van der Waals surface area contributed by atoms with Gasteiger partial charge in [-0.25, -0.2) is 59.8 Å². The monoisotopic (exact) mass is 1900 g/mol. The molecule has 24 rings (SSSR count). The maximum absolute atomic E-state index is 12.9. The third-order valence-corrected chi connectivity index (χ3v) is 29.1. The SMILES string of the molecule is CCNC(=O)[C@H]1O[C@@H](n2cnc3c(NC4CCCCC4)ncnc32)[C@H]2OC3(CCCCC3)OC12.CCNC(=O)[C@H]1O[C@@H](n2cnc3c(Nc4ccccc4)ncnc32)[C@H]2OC3(CCCCC3)OC12.O=C(NCCO)[C@H]1O[C@@H](n2cnc3c(NC4CCCCC4)ncnc32)[C@H]2OC3(CCCCC3)OC12.O=C(NCCO)[C@H]1O[C@@H](n2cnc3c(Nc4ccccc4)ncnc32)[C@H]2OC3(CCCCC3)OC12. The minimum absolute atomic E-state index is 0.141. The summed E-state index contributed by atoms with van der Waals surface area (Å²) < 4.78 is 84.4. The number of benzene rings is 2. The molecule has 14 fully saturated rings. The van der Waals surface area contributed by atoms with Crippen molar-refractivity contribution < 1.29 is 86.2 Å². The average molecular weight is 1900 g/mol. The number of likely N-dealkylation sites (N-methyl/N-ethyl adjacent to an activating group) is 2. The van der Waals surface area contributed by atoms with E-state index in [9.17, 15) is 19.2 Å². The molecular formula is C96H124N24O18. The first-order valence-electron chi connectivity index (χ1n) is 49.9. The highest BCUT2D eigenvalue weighted by Gasteiger charge is 2.66. The Morgan fingerprint density at radius 2 is 0.572 bits per heavy atom. The number of amides is 4. The second-order valence-corrected chi connectivity index (χ2v) is 38.3. The Labute approximate surface area is 796 Å². The third-order valence-electron chi connectivity index (χ3n) is 29.1. The number of nitrogens with one attached hydrogen (secondary N) is 8. The van der Waals surface area contributed by atoms with Gasteiger partial charge in [-0.15, -0.1) is 0 Å². The molecular weight excluding hydrogens is 1780 g/mol. The number of carbonyl (C=O) groups is 4. The van der Waals surface area contributed by atoms with Crippen molar-refractivity contribution in [2.24, 2.45) is 0 Å². The summed E-state index contributed by atoms with van der Waals surface area (Å²) in [4.78, 5) is 106. The number of nitrogens with zero attached hydrogens (tertiary/aromatic N) is 16. The van der Waals surface area contributed by atoms with E-state index < -0.39 is 121 Å². The summed E-state index contributed by atoms with van der Waals surface area (Å²) >= 11 is 0. The minimum Gasteiger partial charge on any atom is -0.395 e. The molecule has 8 aromatic heterocycles. The predicted octanol–water partition coefficient (Wildman–Crippen LogP) is 10.1. The zero-order valence-corrected chi connectivity index (χ0v) is 77.8. The maximum Gasteiger partial charge on any atom is 0.252 e. The van der Waals surface area contributed by atoms with E-state index in [-0.39, 0.29) is 49.9 Å². The molecule has 16 atom stereocenters. The number of aromatic nitrogens is 16. The van der Waals surface area contributed by atoms with Gasteiger partial charge in [0.15, 0.2) is 140 Å². The van der Waals surface area contributed by atoms with Crippen molar-refractivity contribution in [3.63, 3.8) is 0 Å². The maximum atomic E-state index is 12.9. The lowest BCUT2D eigenvalue weighted by atomic mass is 9.94. The van der Waals surface area contributed by atoms with Crippen LogP contribution >= 0.6 is 0 Å². The molecule has 6 saturated carbocycles. The normalized spacial score (nSPS) is 29.1. The van der Waals surface area contributed by atoms with Gasteiger partial charge < -0.3 is 110 Å². The Kier molecular flexibility index (Phi) is 27.9. The van der Waals surface area contributed by atoms with Crippen LogP contribution in [0.15, 0.2) is 111 Å². The van der Waals surface area contributed by atoms with Crippen molar-refractivity contribution in [1.82, 2.24) is 99.3 Å². The topological polar surface area (TPSA) is 490 Å². The van der Waals surface area contributed by atoms with Crippen LogP contribution in [0.1, 0.15) is 231 Å². The van der Waals surface area contributed by atoms with Crippen LogP contribution in [-0.2, 0) is 76.0 Å². The summed E-state index contributed by atoms with van der Waals surface area (Å²) in [5.74, 6) is -1.03. The van der Waals surface area contributed by atoms with Gasteiger partial charge in [0, 0.05) is 101 Å². The van der Waals surface area contributed by atoms with Gasteiger partial charge in [-0.3, -0.25) is 37.4 Å². The number of para-hydroxylation sites is 2. The molecule has 8 saturated heterocycles. The number of rotatable bonds is 22. The Balaban J connectivity index is 0.000000110. The molecule has 4 spiro atoms. The molecule has 736 valence electrons. The van der Waals surface area contributed by atoms with E-state index in [0.717, 1.165) is 164 Å². The number of carbonyl (C=O) groups excluding carboxylic acids is 4. The molecule has 0 radical (unpaired) electrons. The van der Waals surface area contributed by atoms with E-state index in [4.69, 9.17) is 67.1 Å². The van der Waals surface area contributed by atoms with E-state index >= 15 is 0 Å². The molecule has 14 aliphatic rings. The van der Waals surface area contributed by atoms with Crippen LogP contribution in [0.3, 0.4) is 0 Å². The van der Waals surface area contributed by atoms with Crippen molar-refractivity contribution in [2.75, 3.05) is 60.7 Å². The fourth-order valence-electron chi connectivity index (χ4n) is 22.6. The van der Waals surface area contributed by atoms with Crippen molar-refractivity contribution in [1.29, 1.82) is 0 Å². The molecule has 16 heterocycles. The lowest BCUT2D eigenvalue weighted by Gasteiger charge is -2.34. The van der Waals surface area contributed by atoms with Gasteiger partial charge in [-0.05, 0) is 115 Å². The molecule has 2 aromatic carbocycles. The highest BCUT2D eigenvalue weighted by atomic mass is 16.8. The zero-order valence-electron chi connectivity index (χ0n) is 77.8. The fraction of sp³-hybridized carbons (Fsp3) is 0.625. The van der Waals surface area contributed by atoms with Gasteiger partial charge in [0.05, 0.1) is 38.5 Å². The number of anilines is 6. The van der Waals surface area contributed by atoms with E-state index in [2.05, 4.69) is 102 Å². The van der Waals surface area contributed by atoms with E-state index in [0.29, 0.717) is 81.5 Å². The summed E-state index contributed by atoms with van der Waals surface area (Å²) in [5.41, 5.74) is 6.82.